The van der Waals surface area contributed by atoms with Gasteiger partial charge in [-0.3, -0.25) is 14.5 Å². The van der Waals surface area contributed by atoms with Crippen LogP contribution in [0.15, 0.2) is 0 Å². The minimum absolute atomic E-state index is 0.0822. The second-order valence-electron chi connectivity index (χ2n) is 4.62. The summed E-state index contributed by atoms with van der Waals surface area (Å²) >= 11 is 0. The summed E-state index contributed by atoms with van der Waals surface area (Å²) in [6, 6.07) is -1.77. The van der Waals surface area contributed by atoms with Crippen molar-refractivity contribution in [1.29, 1.82) is 0 Å². The predicted octanol–water partition coefficient (Wildman–Crippen LogP) is -1.50. The Kier molecular flexibility index (Phi) is 6.44. The molecule has 0 aromatic rings. The number of rotatable bonds is 6. The highest BCUT2D eigenvalue weighted by molar-refractivity contribution is 5.90. The van der Waals surface area contributed by atoms with Crippen molar-refractivity contribution >= 4 is 23.8 Å². The van der Waals surface area contributed by atoms with E-state index in [1.165, 1.54) is 0 Å². The van der Waals surface area contributed by atoms with Crippen molar-refractivity contribution in [2.75, 3.05) is 26.2 Å². The number of nitrogens with zero attached hydrogens (tertiary/aromatic N) is 1. The third-order valence-corrected chi connectivity index (χ3v) is 2.93. The number of urea groups is 1. The molecule has 1 aliphatic rings. The lowest BCUT2D eigenvalue weighted by Crippen LogP contribution is -2.61. The minimum atomic E-state index is -1.19. The number of carbonyl (C=O) groups excluding carboxylic acids is 3. The maximum atomic E-state index is 11.9. The number of nitrogens with one attached hydrogen (secondary N) is 3. The molecule has 0 aliphatic carbocycles. The molecule has 0 radical (unpaired) electrons. The number of carbonyl (C=O) groups is 4. The molecule has 1 heterocycles. The number of hydrogen-bond acceptors (Lipinski definition) is 4. The molecule has 9 heteroatoms. The largest absolute Gasteiger partial charge is 0.480 e. The molecule has 4 amide bonds. The standard InChI is InChI=1S/C12H20N4O5/c1-2-4-13-9(17)3-5-14-12(21)16-7-10(18)15-6-8(16)11(19)20/h8H,2-7H2,1H3,(H,13,17)(H,14,21)(H,15,18)(H,19,20). The quantitative estimate of drug-likeness (QED) is 0.474. The van der Waals surface area contributed by atoms with Crippen LogP contribution in [-0.4, -0.2) is 66.0 Å². The smallest absolute Gasteiger partial charge is 0.328 e. The molecule has 9 nitrogen and oxygen atoms in total. The van der Waals surface area contributed by atoms with E-state index in [9.17, 15) is 19.2 Å². The summed E-state index contributed by atoms with van der Waals surface area (Å²) in [4.78, 5) is 46.5. The number of carboxylic acids is 1. The minimum Gasteiger partial charge on any atom is -0.480 e. The summed E-state index contributed by atoms with van der Waals surface area (Å²) in [5.41, 5.74) is 0. The summed E-state index contributed by atoms with van der Waals surface area (Å²) in [5.74, 6) is -1.79. The van der Waals surface area contributed by atoms with Crippen LogP contribution in [0.3, 0.4) is 0 Å². The van der Waals surface area contributed by atoms with E-state index >= 15 is 0 Å². The number of hydrogen-bond donors (Lipinski definition) is 4. The van der Waals surface area contributed by atoms with E-state index in [1.54, 1.807) is 0 Å². The van der Waals surface area contributed by atoms with Crippen molar-refractivity contribution in [1.82, 2.24) is 20.9 Å². The zero-order chi connectivity index (χ0) is 15.8. The van der Waals surface area contributed by atoms with Crippen LogP contribution in [0.25, 0.3) is 0 Å². The summed E-state index contributed by atoms with van der Waals surface area (Å²) in [7, 11) is 0. The Morgan fingerprint density at radius 1 is 1.33 bits per heavy atom. The van der Waals surface area contributed by atoms with Crippen molar-refractivity contribution < 1.29 is 24.3 Å². The van der Waals surface area contributed by atoms with Crippen LogP contribution in [0.4, 0.5) is 4.79 Å². The molecule has 1 unspecified atom stereocenters. The highest BCUT2D eigenvalue weighted by Gasteiger charge is 2.35. The Balaban J connectivity index is 2.43. The lowest BCUT2D eigenvalue weighted by molar-refractivity contribution is -0.144. The van der Waals surface area contributed by atoms with Crippen LogP contribution in [0, 0.1) is 0 Å². The zero-order valence-electron chi connectivity index (χ0n) is 11.8. The molecule has 1 fully saturated rings. The molecular weight excluding hydrogens is 280 g/mol. The van der Waals surface area contributed by atoms with Crippen LogP contribution in [-0.2, 0) is 14.4 Å². The molecule has 0 spiro atoms. The van der Waals surface area contributed by atoms with Gasteiger partial charge >= 0.3 is 12.0 Å². The second kappa shape index (κ2) is 8.08. The maximum absolute atomic E-state index is 11.9. The van der Waals surface area contributed by atoms with Gasteiger partial charge in [0.2, 0.25) is 11.8 Å². The molecule has 1 atom stereocenters. The Bertz CT molecular complexity index is 426. The first-order chi connectivity index (χ1) is 9.95. The van der Waals surface area contributed by atoms with Crippen LogP contribution in [0.1, 0.15) is 19.8 Å². The van der Waals surface area contributed by atoms with Crippen molar-refractivity contribution in [3.63, 3.8) is 0 Å². The third kappa shape index (κ3) is 5.28. The fraction of sp³-hybridized carbons (Fsp3) is 0.667. The van der Waals surface area contributed by atoms with Gasteiger partial charge in [-0.2, -0.15) is 0 Å². The van der Waals surface area contributed by atoms with Crippen molar-refractivity contribution in [2.24, 2.45) is 0 Å². The van der Waals surface area contributed by atoms with Crippen LogP contribution in [0.2, 0.25) is 0 Å². The van der Waals surface area contributed by atoms with Gasteiger partial charge in [-0.05, 0) is 6.42 Å². The van der Waals surface area contributed by atoms with E-state index in [0.29, 0.717) is 6.54 Å². The molecule has 1 aliphatic heterocycles. The van der Waals surface area contributed by atoms with Gasteiger partial charge in [0.25, 0.3) is 0 Å². The molecule has 4 N–H and O–H groups in total. The maximum Gasteiger partial charge on any atom is 0.328 e. The molecule has 0 saturated carbocycles. The number of amides is 4. The number of piperazine rings is 1. The summed E-state index contributed by atoms with van der Waals surface area (Å²) < 4.78 is 0. The average Bonchev–Trinajstić information content (AvgIpc) is 2.44. The first-order valence-corrected chi connectivity index (χ1v) is 6.76. The van der Waals surface area contributed by atoms with E-state index < -0.39 is 23.9 Å². The highest BCUT2D eigenvalue weighted by Crippen LogP contribution is 2.04. The van der Waals surface area contributed by atoms with Crippen LogP contribution >= 0.6 is 0 Å². The molecule has 1 saturated heterocycles. The van der Waals surface area contributed by atoms with Crippen molar-refractivity contribution in [3.05, 3.63) is 0 Å². The first kappa shape index (κ1) is 16.7. The van der Waals surface area contributed by atoms with Gasteiger partial charge in [-0.25, -0.2) is 9.59 Å². The number of aliphatic carboxylic acids is 1. The summed E-state index contributed by atoms with van der Waals surface area (Å²) in [6.45, 7) is 2.14. The highest BCUT2D eigenvalue weighted by atomic mass is 16.4. The fourth-order valence-corrected chi connectivity index (χ4v) is 1.81. The molecule has 0 aromatic carbocycles. The summed E-state index contributed by atoms with van der Waals surface area (Å²) in [6.07, 6.45) is 0.921. The second-order valence-corrected chi connectivity index (χ2v) is 4.62. The third-order valence-electron chi connectivity index (χ3n) is 2.93. The fourth-order valence-electron chi connectivity index (χ4n) is 1.81. The predicted molar refractivity (Wildman–Crippen MR) is 72.5 cm³/mol. The SMILES string of the molecule is CCCNC(=O)CCNC(=O)N1CC(=O)NCC1C(=O)O. The molecule has 0 aromatic heterocycles. The van der Waals surface area contributed by atoms with Gasteiger partial charge in [-0.15, -0.1) is 0 Å². The Morgan fingerprint density at radius 2 is 2.05 bits per heavy atom. The Morgan fingerprint density at radius 3 is 2.67 bits per heavy atom. The first-order valence-electron chi connectivity index (χ1n) is 6.76. The lowest BCUT2D eigenvalue weighted by atomic mass is 10.2. The van der Waals surface area contributed by atoms with Gasteiger partial charge in [0.05, 0.1) is 0 Å². The monoisotopic (exact) mass is 300 g/mol. The topological polar surface area (TPSA) is 128 Å². The molecule has 0 bridgehead atoms. The van der Waals surface area contributed by atoms with E-state index in [0.717, 1.165) is 11.3 Å². The van der Waals surface area contributed by atoms with Crippen molar-refractivity contribution in [3.8, 4) is 0 Å². The van der Waals surface area contributed by atoms with E-state index in [1.807, 2.05) is 6.92 Å². The summed E-state index contributed by atoms with van der Waals surface area (Å²) in [5, 5.41) is 16.5. The molecule has 118 valence electrons. The van der Waals surface area contributed by atoms with Crippen molar-refractivity contribution in [2.45, 2.75) is 25.8 Å². The lowest BCUT2D eigenvalue weighted by Gasteiger charge is -2.32. The molecule has 21 heavy (non-hydrogen) atoms. The van der Waals surface area contributed by atoms with Gasteiger partial charge in [-0.1, -0.05) is 6.92 Å². The Hall–Kier alpha value is -2.32. The van der Waals surface area contributed by atoms with Gasteiger partial charge in [0.15, 0.2) is 0 Å². The number of carboxylic acid groups (broad SMARTS) is 1. The van der Waals surface area contributed by atoms with Crippen LogP contribution < -0.4 is 16.0 Å². The van der Waals surface area contributed by atoms with Gasteiger partial charge in [0.1, 0.15) is 12.6 Å². The van der Waals surface area contributed by atoms with Gasteiger partial charge < -0.3 is 21.1 Å². The normalized spacial score (nSPS) is 17.9. The van der Waals surface area contributed by atoms with Gasteiger partial charge in [0, 0.05) is 26.1 Å². The average molecular weight is 300 g/mol. The van der Waals surface area contributed by atoms with Crippen LogP contribution in [0.5, 0.6) is 0 Å². The zero-order valence-corrected chi connectivity index (χ0v) is 11.8. The Labute approximate surface area is 122 Å². The molecular formula is C12H20N4O5. The van der Waals surface area contributed by atoms with E-state index in [-0.39, 0.29) is 32.0 Å². The molecule has 1 rings (SSSR count). The van der Waals surface area contributed by atoms with E-state index in [4.69, 9.17) is 5.11 Å². The van der Waals surface area contributed by atoms with E-state index in [2.05, 4.69) is 16.0 Å².